The van der Waals surface area contributed by atoms with Gasteiger partial charge in [-0.25, -0.2) is 4.98 Å². The number of pyridine rings is 1. The second-order valence-corrected chi connectivity index (χ2v) is 5.08. The number of likely N-dealkylation sites (N-methyl/N-ethyl adjacent to an activating group) is 1. The SMILES string of the molecule is CCN(CC)CCOc1ccc(C(=O)Nc2ccccc2)cn1. The summed E-state index contributed by atoms with van der Waals surface area (Å²) in [7, 11) is 0. The van der Waals surface area contributed by atoms with Crippen molar-refractivity contribution < 1.29 is 9.53 Å². The topological polar surface area (TPSA) is 54.5 Å². The van der Waals surface area contributed by atoms with Crippen LogP contribution in [0.5, 0.6) is 5.88 Å². The Balaban J connectivity index is 1.85. The van der Waals surface area contributed by atoms with E-state index in [0.717, 1.165) is 25.3 Å². The number of ether oxygens (including phenoxy) is 1. The van der Waals surface area contributed by atoms with Crippen LogP contribution in [0.2, 0.25) is 0 Å². The van der Waals surface area contributed by atoms with Crippen molar-refractivity contribution in [2.24, 2.45) is 0 Å². The van der Waals surface area contributed by atoms with Gasteiger partial charge in [-0.1, -0.05) is 32.0 Å². The molecule has 0 unspecified atom stereocenters. The number of rotatable bonds is 8. The molecule has 0 atom stereocenters. The molecule has 5 nitrogen and oxygen atoms in total. The fraction of sp³-hybridized carbons (Fsp3) is 0.333. The van der Waals surface area contributed by atoms with Gasteiger partial charge in [0.1, 0.15) is 6.61 Å². The van der Waals surface area contributed by atoms with Crippen LogP contribution in [0.25, 0.3) is 0 Å². The first kappa shape index (κ1) is 17.0. The number of benzene rings is 1. The van der Waals surface area contributed by atoms with Crippen molar-refractivity contribution in [1.29, 1.82) is 0 Å². The van der Waals surface area contributed by atoms with Gasteiger partial charge in [0, 0.05) is 24.5 Å². The highest BCUT2D eigenvalue weighted by Gasteiger charge is 2.07. The fourth-order valence-corrected chi connectivity index (χ4v) is 2.14. The lowest BCUT2D eigenvalue weighted by Crippen LogP contribution is -2.28. The van der Waals surface area contributed by atoms with E-state index in [1.54, 1.807) is 12.1 Å². The van der Waals surface area contributed by atoms with E-state index in [4.69, 9.17) is 4.74 Å². The standard InChI is InChI=1S/C18H23N3O2/c1-3-21(4-2)12-13-23-17-11-10-15(14-19-17)18(22)20-16-8-6-5-7-9-16/h5-11,14H,3-4,12-13H2,1-2H3,(H,20,22). The zero-order valence-electron chi connectivity index (χ0n) is 13.7. The largest absolute Gasteiger partial charge is 0.476 e. The summed E-state index contributed by atoms with van der Waals surface area (Å²) in [5, 5.41) is 2.82. The van der Waals surface area contributed by atoms with Crippen molar-refractivity contribution in [3.63, 3.8) is 0 Å². The third-order valence-corrected chi connectivity index (χ3v) is 3.58. The Morgan fingerprint density at radius 2 is 1.87 bits per heavy atom. The van der Waals surface area contributed by atoms with E-state index in [0.29, 0.717) is 18.1 Å². The van der Waals surface area contributed by atoms with E-state index in [1.165, 1.54) is 6.20 Å². The van der Waals surface area contributed by atoms with Crippen molar-refractivity contribution in [2.45, 2.75) is 13.8 Å². The van der Waals surface area contributed by atoms with Gasteiger partial charge in [-0.2, -0.15) is 0 Å². The van der Waals surface area contributed by atoms with Gasteiger partial charge in [0.05, 0.1) is 5.56 Å². The van der Waals surface area contributed by atoms with E-state index in [2.05, 4.69) is 29.0 Å². The predicted octanol–water partition coefficient (Wildman–Crippen LogP) is 3.05. The van der Waals surface area contributed by atoms with E-state index < -0.39 is 0 Å². The van der Waals surface area contributed by atoms with Crippen molar-refractivity contribution in [1.82, 2.24) is 9.88 Å². The van der Waals surface area contributed by atoms with Crippen LogP contribution in [-0.4, -0.2) is 42.0 Å². The Morgan fingerprint density at radius 3 is 2.48 bits per heavy atom. The molecule has 2 aromatic rings. The lowest BCUT2D eigenvalue weighted by molar-refractivity contribution is 0.102. The summed E-state index contributed by atoms with van der Waals surface area (Å²) < 4.78 is 5.61. The van der Waals surface area contributed by atoms with E-state index >= 15 is 0 Å². The molecule has 1 aromatic carbocycles. The summed E-state index contributed by atoms with van der Waals surface area (Å²) in [6, 6.07) is 12.8. The molecule has 0 radical (unpaired) electrons. The summed E-state index contributed by atoms with van der Waals surface area (Å²) in [4.78, 5) is 18.6. The average Bonchev–Trinajstić information content (AvgIpc) is 2.60. The molecular weight excluding hydrogens is 290 g/mol. The number of para-hydroxylation sites is 1. The number of anilines is 1. The molecular formula is C18H23N3O2. The Kier molecular flexibility index (Phi) is 6.56. The van der Waals surface area contributed by atoms with Crippen LogP contribution in [0.1, 0.15) is 24.2 Å². The Morgan fingerprint density at radius 1 is 1.13 bits per heavy atom. The number of carbonyl (C=O) groups excluding carboxylic acids is 1. The minimum absolute atomic E-state index is 0.182. The van der Waals surface area contributed by atoms with Gasteiger partial charge in [-0.05, 0) is 31.3 Å². The van der Waals surface area contributed by atoms with Gasteiger partial charge >= 0.3 is 0 Å². The number of amides is 1. The molecule has 1 heterocycles. The molecule has 0 spiro atoms. The smallest absolute Gasteiger partial charge is 0.257 e. The molecule has 0 saturated carbocycles. The third-order valence-electron chi connectivity index (χ3n) is 3.58. The quantitative estimate of drug-likeness (QED) is 0.814. The van der Waals surface area contributed by atoms with Crippen molar-refractivity contribution in [3.05, 3.63) is 54.2 Å². The van der Waals surface area contributed by atoms with Crippen LogP contribution in [0.3, 0.4) is 0 Å². The lowest BCUT2D eigenvalue weighted by atomic mass is 10.2. The number of carbonyl (C=O) groups is 1. The van der Waals surface area contributed by atoms with Crippen LogP contribution >= 0.6 is 0 Å². The number of nitrogens with zero attached hydrogens (tertiary/aromatic N) is 2. The number of hydrogen-bond donors (Lipinski definition) is 1. The summed E-state index contributed by atoms with van der Waals surface area (Å²) in [5.74, 6) is 0.354. The highest BCUT2D eigenvalue weighted by molar-refractivity contribution is 6.04. The van der Waals surface area contributed by atoms with E-state index in [1.807, 2.05) is 30.3 Å². The van der Waals surface area contributed by atoms with Gasteiger partial charge in [0.25, 0.3) is 5.91 Å². The number of hydrogen-bond acceptors (Lipinski definition) is 4. The van der Waals surface area contributed by atoms with Gasteiger partial charge < -0.3 is 15.0 Å². The molecule has 1 N–H and O–H groups in total. The van der Waals surface area contributed by atoms with Crippen LogP contribution in [0.15, 0.2) is 48.7 Å². The molecule has 0 aliphatic carbocycles. The molecule has 1 amide bonds. The van der Waals surface area contributed by atoms with Gasteiger partial charge in [-0.3, -0.25) is 4.79 Å². The Labute approximate surface area is 137 Å². The number of nitrogens with one attached hydrogen (secondary N) is 1. The normalized spacial score (nSPS) is 10.6. The molecule has 122 valence electrons. The fourth-order valence-electron chi connectivity index (χ4n) is 2.14. The van der Waals surface area contributed by atoms with Crippen molar-refractivity contribution in [2.75, 3.05) is 31.6 Å². The maximum absolute atomic E-state index is 12.1. The first-order valence-corrected chi connectivity index (χ1v) is 7.90. The van der Waals surface area contributed by atoms with Crippen LogP contribution in [0.4, 0.5) is 5.69 Å². The summed E-state index contributed by atoms with van der Waals surface area (Å²) in [6.45, 7) is 7.72. The van der Waals surface area contributed by atoms with E-state index in [-0.39, 0.29) is 5.91 Å². The van der Waals surface area contributed by atoms with Gasteiger partial charge in [-0.15, -0.1) is 0 Å². The first-order chi connectivity index (χ1) is 11.2. The molecule has 23 heavy (non-hydrogen) atoms. The minimum Gasteiger partial charge on any atom is -0.476 e. The zero-order valence-corrected chi connectivity index (χ0v) is 13.7. The Hall–Kier alpha value is -2.40. The molecule has 2 rings (SSSR count). The van der Waals surface area contributed by atoms with Crippen LogP contribution in [-0.2, 0) is 0 Å². The molecule has 0 fully saturated rings. The zero-order chi connectivity index (χ0) is 16.5. The van der Waals surface area contributed by atoms with E-state index in [9.17, 15) is 4.79 Å². The van der Waals surface area contributed by atoms with Crippen molar-refractivity contribution >= 4 is 11.6 Å². The molecule has 5 heteroatoms. The molecule has 0 bridgehead atoms. The molecule has 0 aliphatic heterocycles. The van der Waals surface area contributed by atoms with Gasteiger partial charge in [0.15, 0.2) is 0 Å². The molecule has 1 aromatic heterocycles. The maximum atomic E-state index is 12.1. The minimum atomic E-state index is -0.182. The molecule has 0 aliphatic rings. The predicted molar refractivity (Wildman–Crippen MR) is 91.9 cm³/mol. The second-order valence-electron chi connectivity index (χ2n) is 5.08. The third kappa shape index (κ3) is 5.38. The van der Waals surface area contributed by atoms with Crippen LogP contribution < -0.4 is 10.1 Å². The van der Waals surface area contributed by atoms with Crippen molar-refractivity contribution in [3.8, 4) is 5.88 Å². The highest BCUT2D eigenvalue weighted by atomic mass is 16.5. The number of aromatic nitrogens is 1. The Bertz CT molecular complexity index is 595. The lowest BCUT2D eigenvalue weighted by Gasteiger charge is -2.17. The first-order valence-electron chi connectivity index (χ1n) is 7.90. The molecule has 0 saturated heterocycles. The monoisotopic (exact) mass is 313 g/mol. The summed E-state index contributed by atoms with van der Waals surface area (Å²) in [5.41, 5.74) is 1.27. The average molecular weight is 313 g/mol. The van der Waals surface area contributed by atoms with Gasteiger partial charge in [0.2, 0.25) is 5.88 Å². The van der Waals surface area contributed by atoms with Crippen LogP contribution in [0, 0.1) is 0 Å². The summed E-state index contributed by atoms with van der Waals surface area (Å²) >= 11 is 0. The second kappa shape index (κ2) is 8.90. The highest BCUT2D eigenvalue weighted by Crippen LogP contribution is 2.11. The maximum Gasteiger partial charge on any atom is 0.257 e. The summed E-state index contributed by atoms with van der Waals surface area (Å²) in [6.07, 6.45) is 1.53.